The van der Waals surface area contributed by atoms with Crippen molar-refractivity contribution in [1.29, 1.82) is 0 Å². The van der Waals surface area contributed by atoms with E-state index >= 15 is 0 Å². The van der Waals surface area contributed by atoms with Gasteiger partial charge >= 0.3 is 5.97 Å². The standard InChI is InChI=1S/C29H23ClN2O5S2/c1-3-19-15-22-23(18-32(28(22)31-17-19)39(34,35)21-10-5-4-6-11-21)26-16-25(27(38-26)29(33)36-2)37-14-13-20-9-7-8-12-24(20)30/h3-12,15-18H,1,13-14H2,2H3. The van der Waals surface area contributed by atoms with Crippen LogP contribution in [0.4, 0.5) is 0 Å². The van der Waals surface area contributed by atoms with Gasteiger partial charge < -0.3 is 9.47 Å². The molecule has 0 atom stereocenters. The molecule has 0 spiro atoms. The summed E-state index contributed by atoms with van der Waals surface area (Å²) >= 11 is 7.42. The molecule has 10 heteroatoms. The lowest BCUT2D eigenvalue weighted by Gasteiger charge is -2.07. The van der Waals surface area contributed by atoms with Gasteiger partial charge in [-0.25, -0.2) is 22.2 Å². The Kier molecular flexibility index (Phi) is 7.56. The highest BCUT2D eigenvalue weighted by Gasteiger charge is 2.26. The number of fused-ring (bicyclic) bond motifs is 1. The molecular weight excluding hydrogens is 556 g/mol. The van der Waals surface area contributed by atoms with E-state index in [0.29, 0.717) is 33.0 Å². The van der Waals surface area contributed by atoms with Crippen LogP contribution in [0.1, 0.15) is 20.8 Å². The summed E-state index contributed by atoms with van der Waals surface area (Å²) in [5.41, 5.74) is 2.48. The number of methoxy groups -OCH3 is 1. The zero-order chi connectivity index (χ0) is 27.6. The summed E-state index contributed by atoms with van der Waals surface area (Å²) in [6, 6.07) is 19.2. The Bertz CT molecular complexity index is 1790. The molecular formula is C29H23ClN2O5S2. The first kappa shape index (κ1) is 26.7. The first-order valence-electron chi connectivity index (χ1n) is 11.9. The summed E-state index contributed by atoms with van der Waals surface area (Å²) < 4.78 is 39.3. The van der Waals surface area contributed by atoms with Crippen molar-refractivity contribution >= 4 is 56.0 Å². The normalized spacial score (nSPS) is 11.4. The minimum absolute atomic E-state index is 0.132. The van der Waals surface area contributed by atoms with Crippen molar-refractivity contribution in [2.75, 3.05) is 13.7 Å². The van der Waals surface area contributed by atoms with Crippen molar-refractivity contribution in [3.8, 4) is 16.2 Å². The van der Waals surface area contributed by atoms with Crippen LogP contribution in [0.15, 0.2) is 90.6 Å². The molecule has 198 valence electrons. The van der Waals surface area contributed by atoms with Gasteiger partial charge in [-0.1, -0.05) is 60.7 Å². The average Bonchev–Trinajstić information content (AvgIpc) is 3.56. The molecule has 7 nitrogen and oxygen atoms in total. The molecule has 0 aliphatic rings. The number of benzene rings is 2. The van der Waals surface area contributed by atoms with E-state index in [-0.39, 0.29) is 22.0 Å². The number of aromatic nitrogens is 2. The monoisotopic (exact) mass is 578 g/mol. The molecule has 5 aromatic rings. The Morgan fingerprint density at radius 2 is 1.87 bits per heavy atom. The Hall–Kier alpha value is -3.92. The first-order valence-corrected chi connectivity index (χ1v) is 14.5. The summed E-state index contributed by atoms with van der Waals surface area (Å²) in [7, 11) is -2.65. The summed E-state index contributed by atoms with van der Waals surface area (Å²) in [5.74, 6) is -0.210. The number of thiophene rings is 1. The summed E-state index contributed by atoms with van der Waals surface area (Å²) in [5, 5.41) is 1.23. The number of carbonyl (C=O) groups is 1. The van der Waals surface area contributed by atoms with Crippen molar-refractivity contribution in [3.63, 3.8) is 0 Å². The van der Waals surface area contributed by atoms with Crippen molar-refractivity contribution in [1.82, 2.24) is 8.96 Å². The molecule has 0 saturated heterocycles. The molecule has 0 saturated carbocycles. The maximum absolute atomic E-state index is 13.6. The molecule has 0 bridgehead atoms. The zero-order valence-electron chi connectivity index (χ0n) is 20.8. The van der Waals surface area contributed by atoms with Crippen LogP contribution < -0.4 is 4.74 Å². The highest BCUT2D eigenvalue weighted by molar-refractivity contribution is 7.90. The second-order valence-corrected chi connectivity index (χ2v) is 11.8. The fourth-order valence-electron chi connectivity index (χ4n) is 4.11. The minimum atomic E-state index is -3.95. The Labute approximate surface area is 235 Å². The number of ether oxygens (including phenoxy) is 2. The predicted molar refractivity (Wildman–Crippen MR) is 154 cm³/mol. The Morgan fingerprint density at radius 1 is 1.13 bits per heavy atom. The van der Waals surface area contributed by atoms with Gasteiger partial charge in [0.25, 0.3) is 10.0 Å². The topological polar surface area (TPSA) is 87.5 Å². The second-order valence-electron chi connectivity index (χ2n) is 8.49. The lowest BCUT2D eigenvalue weighted by Crippen LogP contribution is -2.12. The third-order valence-electron chi connectivity index (χ3n) is 6.09. The van der Waals surface area contributed by atoms with Gasteiger partial charge in [-0.05, 0) is 41.5 Å². The second kappa shape index (κ2) is 11.1. The number of pyridine rings is 1. The van der Waals surface area contributed by atoms with Gasteiger partial charge in [0.15, 0.2) is 10.5 Å². The number of esters is 1. The van der Waals surface area contributed by atoms with Crippen LogP contribution in [-0.4, -0.2) is 37.1 Å². The minimum Gasteiger partial charge on any atom is -0.491 e. The molecule has 2 aromatic carbocycles. The molecule has 0 N–H and O–H groups in total. The van der Waals surface area contributed by atoms with Gasteiger partial charge in [-0.2, -0.15) is 0 Å². The Balaban J connectivity index is 1.59. The van der Waals surface area contributed by atoms with Crippen LogP contribution in [0.3, 0.4) is 0 Å². The lowest BCUT2D eigenvalue weighted by molar-refractivity contribution is 0.0602. The lowest BCUT2D eigenvalue weighted by atomic mass is 10.1. The highest BCUT2D eigenvalue weighted by atomic mass is 35.5. The number of nitrogens with zero attached hydrogens (tertiary/aromatic N) is 2. The van der Waals surface area contributed by atoms with Crippen LogP contribution >= 0.6 is 22.9 Å². The molecule has 0 radical (unpaired) electrons. The third-order valence-corrected chi connectivity index (χ3v) is 9.25. The van der Waals surface area contributed by atoms with Gasteiger partial charge in [-0.15, -0.1) is 11.3 Å². The number of rotatable bonds is 9. The maximum atomic E-state index is 13.6. The SMILES string of the molecule is C=Cc1cnc2c(c1)c(-c1cc(OCCc3ccccc3Cl)c(C(=O)OC)s1)cn2S(=O)(=O)c1ccccc1. The van der Waals surface area contributed by atoms with Crippen LogP contribution in [0.2, 0.25) is 5.02 Å². The smallest absolute Gasteiger partial charge is 0.351 e. The van der Waals surface area contributed by atoms with Crippen LogP contribution in [0.25, 0.3) is 27.6 Å². The molecule has 0 aliphatic heterocycles. The average molecular weight is 579 g/mol. The van der Waals surface area contributed by atoms with E-state index in [1.54, 1.807) is 36.5 Å². The summed E-state index contributed by atoms with van der Waals surface area (Å²) in [6.45, 7) is 4.08. The van der Waals surface area contributed by atoms with E-state index in [1.165, 1.54) is 25.4 Å². The van der Waals surface area contributed by atoms with E-state index in [9.17, 15) is 13.2 Å². The van der Waals surface area contributed by atoms with E-state index in [4.69, 9.17) is 21.1 Å². The summed E-state index contributed by atoms with van der Waals surface area (Å²) in [6.07, 6.45) is 5.25. The van der Waals surface area contributed by atoms with Crippen molar-refractivity contribution in [3.05, 3.63) is 107 Å². The molecule has 0 unspecified atom stereocenters. The largest absolute Gasteiger partial charge is 0.491 e. The van der Waals surface area contributed by atoms with E-state index in [0.717, 1.165) is 26.4 Å². The van der Waals surface area contributed by atoms with Crippen molar-refractivity contribution in [2.24, 2.45) is 0 Å². The molecule has 0 fully saturated rings. The maximum Gasteiger partial charge on any atom is 0.351 e. The number of hydrogen-bond donors (Lipinski definition) is 0. The number of hydrogen-bond acceptors (Lipinski definition) is 7. The molecule has 0 aliphatic carbocycles. The van der Waals surface area contributed by atoms with Crippen LogP contribution in [0, 0.1) is 0 Å². The van der Waals surface area contributed by atoms with Gasteiger partial charge in [-0.3, -0.25) is 0 Å². The fraction of sp³-hybridized carbons (Fsp3) is 0.103. The van der Waals surface area contributed by atoms with Crippen LogP contribution in [-0.2, 0) is 21.2 Å². The van der Waals surface area contributed by atoms with Crippen molar-refractivity contribution < 1.29 is 22.7 Å². The van der Waals surface area contributed by atoms with Gasteiger partial charge in [0.05, 0.1) is 18.6 Å². The number of carbonyl (C=O) groups excluding carboxylic acids is 1. The van der Waals surface area contributed by atoms with Gasteiger partial charge in [0.2, 0.25) is 0 Å². The molecule has 5 rings (SSSR count). The Morgan fingerprint density at radius 3 is 2.59 bits per heavy atom. The molecule has 39 heavy (non-hydrogen) atoms. The molecule has 0 amide bonds. The highest BCUT2D eigenvalue weighted by Crippen LogP contribution is 2.41. The van der Waals surface area contributed by atoms with Gasteiger partial charge in [0.1, 0.15) is 5.75 Å². The first-order chi connectivity index (χ1) is 18.8. The van der Waals surface area contributed by atoms with E-state index in [2.05, 4.69) is 11.6 Å². The van der Waals surface area contributed by atoms with Gasteiger partial charge in [0, 0.05) is 39.7 Å². The van der Waals surface area contributed by atoms with Crippen molar-refractivity contribution in [2.45, 2.75) is 11.3 Å². The third kappa shape index (κ3) is 5.21. The fourth-order valence-corrected chi connectivity index (χ4v) is 6.73. The van der Waals surface area contributed by atoms with Crippen LogP contribution in [0.5, 0.6) is 5.75 Å². The number of halogens is 1. The molecule has 3 heterocycles. The quantitative estimate of drug-likeness (QED) is 0.181. The van der Waals surface area contributed by atoms with E-state index < -0.39 is 16.0 Å². The van der Waals surface area contributed by atoms with E-state index in [1.807, 2.05) is 30.3 Å². The zero-order valence-corrected chi connectivity index (χ0v) is 23.2. The molecule has 3 aromatic heterocycles. The summed E-state index contributed by atoms with van der Waals surface area (Å²) in [4.78, 5) is 18.1. The predicted octanol–water partition coefficient (Wildman–Crippen LogP) is 6.71.